The van der Waals surface area contributed by atoms with Gasteiger partial charge in [-0.2, -0.15) is 4.72 Å². The molecule has 29 heavy (non-hydrogen) atoms. The molecule has 0 bridgehead atoms. The Morgan fingerprint density at radius 3 is 2.41 bits per heavy atom. The lowest BCUT2D eigenvalue weighted by Crippen LogP contribution is -2.46. The summed E-state index contributed by atoms with van der Waals surface area (Å²) in [5, 5.41) is 7.63. The summed E-state index contributed by atoms with van der Waals surface area (Å²) in [6.45, 7) is 3.37. The van der Waals surface area contributed by atoms with Gasteiger partial charge in [-0.25, -0.2) is 21.6 Å². The van der Waals surface area contributed by atoms with E-state index in [0.29, 0.717) is 6.07 Å². The van der Waals surface area contributed by atoms with Crippen molar-refractivity contribution in [2.45, 2.75) is 31.7 Å². The largest absolute Gasteiger partial charge is 0.360 e. The van der Waals surface area contributed by atoms with Crippen LogP contribution in [0.3, 0.4) is 0 Å². The van der Waals surface area contributed by atoms with E-state index in [2.05, 4.69) is 15.2 Å². The summed E-state index contributed by atoms with van der Waals surface area (Å²) in [5.41, 5.74) is -0.508. The highest BCUT2D eigenvalue weighted by Gasteiger charge is 2.28. The van der Waals surface area contributed by atoms with Crippen LogP contribution >= 0.6 is 0 Å². The van der Waals surface area contributed by atoms with Crippen LogP contribution in [0.15, 0.2) is 21.6 Å². The van der Waals surface area contributed by atoms with Gasteiger partial charge in [0.1, 0.15) is 10.6 Å². The van der Waals surface area contributed by atoms with Crippen molar-refractivity contribution >= 4 is 27.5 Å². The number of amides is 2. The molecule has 1 atom stereocenters. The summed E-state index contributed by atoms with van der Waals surface area (Å²) < 4.78 is 71.1. The van der Waals surface area contributed by atoms with Crippen LogP contribution in [-0.2, 0) is 19.6 Å². The molecule has 2 amide bonds. The van der Waals surface area contributed by atoms with Crippen LogP contribution in [0.1, 0.15) is 18.4 Å². The molecule has 0 saturated carbocycles. The minimum atomic E-state index is -4.12. The number of sulfonamides is 1. The van der Waals surface area contributed by atoms with Gasteiger partial charge in [-0.1, -0.05) is 5.16 Å². The van der Waals surface area contributed by atoms with Gasteiger partial charge >= 0.3 is 0 Å². The number of carbonyl (C=O) groups excluding carboxylic acids is 2. The van der Waals surface area contributed by atoms with E-state index >= 15 is 0 Å². The lowest BCUT2D eigenvalue weighted by molar-refractivity contribution is -0.125. The number of aryl methyl sites for hydroxylation is 2. The predicted octanol–water partition coefficient (Wildman–Crippen LogP) is 1.13. The van der Waals surface area contributed by atoms with Gasteiger partial charge in [0.2, 0.25) is 21.8 Å². The first-order valence-corrected chi connectivity index (χ1v) is 9.58. The molecule has 2 aromatic rings. The fourth-order valence-corrected chi connectivity index (χ4v) is 3.87. The maximum Gasteiger partial charge on any atom is 0.246 e. The average Bonchev–Trinajstić information content (AvgIpc) is 2.99. The first-order chi connectivity index (χ1) is 13.4. The molecule has 0 radical (unpaired) electrons. The second-order valence-corrected chi connectivity index (χ2v) is 7.64. The number of nitrogens with zero attached hydrogens (tertiary/aromatic N) is 1. The second-order valence-electron chi connectivity index (χ2n) is 5.99. The van der Waals surface area contributed by atoms with E-state index in [1.54, 1.807) is 0 Å². The lowest BCUT2D eigenvalue weighted by atomic mass is 10.2. The van der Waals surface area contributed by atoms with Crippen LogP contribution < -0.4 is 15.4 Å². The van der Waals surface area contributed by atoms with Crippen LogP contribution in [0.4, 0.5) is 18.9 Å². The minimum absolute atomic E-state index is 0.0375. The molecule has 1 aromatic carbocycles. The molecule has 13 heteroatoms. The SMILES string of the molecule is Cc1noc(C)c1S(=O)(=O)N[C@@H](C)C(=O)NCC(=O)Nc1ccc(F)c(F)c1F. The van der Waals surface area contributed by atoms with Crippen LogP contribution in [0.5, 0.6) is 0 Å². The average molecular weight is 434 g/mol. The maximum atomic E-state index is 13.5. The molecule has 158 valence electrons. The van der Waals surface area contributed by atoms with Crippen molar-refractivity contribution in [2.75, 3.05) is 11.9 Å². The molecule has 0 spiro atoms. The Labute approximate surface area is 163 Å². The number of hydrogen-bond acceptors (Lipinski definition) is 6. The lowest BCUT2D eigenvalue weighted by Gasteiger charge is -2.14. The van der Waals surface area contributed by atoms with Crippen LogP contribution in [-0.4, -0.2) is 38.0 Å². The van der Waals surface area contributed by atoms with E-state index in [1.165, 1.54) is 20.8 Å². The summed E-state index contributed by atoms with van der Waals surface area (Å²) in [5.74, 6) is -6.53. The van der Waals surface area contributed by atoms with Gasteiger partial charge in [0, 0.05) is 0 Å². The van der Waals surface area contributed by atoms with Crippen molar-refractivity contribution in [3.05, 3.63) is 41.0 Å². The van der Waals surface area contributed by atoms with Crippen molar-refractivity contribution in [1.82, 2.24) is 15.2 Å². The molecule has 0 aliphatic heterocycles. The zero-order chi connectivity index (χ0) is 21.9. The Morgan fingerprint density at radius 2 is 1.83 bits per heavy atom. The third-order valence-corrected chi connectivity index (χ3v) is 5.48. The van der Waals surface area contributed by atoms with Crippen molar-refractivity contribution in [2.24, 2.45) is 0 Å². The van der Waals surface area contributed by atoms with Crippen molar-refractivity contribution in [1.29, 1.82) is 0 Å². The smallest absolute Gasteiger partial charge is 0.246 e. The van der Waals surface area contributed by atoms with Crippen LogP contribution in [0.25, 0.3) is 0 Å². The normalized spacial score (nSPS) is 12.5. The van der Waals surface area contributed by atoms with Gasteiger partial charge in [0.25, 0.3) is 0 Å². The molecule has 0 aliphatic carbocycles. The van der Waals surface area contributed by atoms with Gasteiger partial charge in [-0.15, -0.1) is 0 Å². The first-order valence-electron chi connectivity index (χ1n) is 8.10. The number of carbonyl (C=O) groups is 2. The number of halogens is 3. The predicted molar refractivity (Wildman–Crippen MR) is 93.7 cm³/mol. The molecule has 0 aliphatic rings. The molecule has 9 nitrogen and oxygen atoms in total. The fourth-order valence-electron chi connectivity index (χ4n) is 2.34. The quantitative estimate of drug-likeness (QED) is 0.560. The Hall–Kier alpha value is -2.93. The molecule has 3 N–H and O–H groups in total. The zero-order valence-corrected chi connectivity index (χ0v) is 16.3. The van der Waals surface area contributed by atoms with Gasteiger partial charge in [-0.3, -0.25) is 9.59 Å². The maximum absolute atomic E-state index is 13.5. The molecule has 2 rings (SSSR count). The Morgan fingerprint density at radius 1 is 1.17 bits per heavy atom. The fraction of sp³-hybridized carbons (Fsp3) is 0.312. The summed E-state index contributed by atoms with van der Waals surface area (Å²) in [6.07, 6.45) is 0. The molecule has 1 heterocycles. The zero-order valence-electron chi connectivity index (χ0n) is 15.5. The van der Waals surface area contributed by atoms with Crippen molar-refractivity contribution < 1.29 is 35.7 Å². The van der Waals surface area contributed by atoms with Crippen LogP contribution in [0.2, 0.25) is 0 Å². The third-order valence-electron chi connectivity index (χ3n) is 3.69. The highest BCUT2D eigenvalue weighted by Crippen LogP contribution is 2.20. The number of nitrogens with one attached hydrogen (secondary N) is 3. The van der Waals surface area contributed by atoms with E-state index < -0.39 is 57.6 Å². The summed E-state index contributed by atoms with van der Waals surface area (Å²) in [7, 11) is -4.12. The van der Waals surface area contributed by atoms with E-state index in [0.717, 1.165) is 6.07 Å². The third kappa shape index (κ3) is 5.12. The van der Waals surface area contributed by atoms with Crippen molar-refractivity contribution in [3.8, 4) is 0 Å². The molecule has 0 saturated heterocycles. The summed E-state index contributed by atoms with van der Waals surface area (Å²) in [6, 6.07) is 0.160. The number of aromatic nitrogens is 1. The van der Waals surface area contributed by atoms with Gasteiger partial charge in [0.15, 0.2) is 23.2 Å². The number of hydrogen-bond donors (Lipinski definition) is 3. The number of rotatable bonds is 7. The summed E-state index contributed by atoms with van der Waals surface area (Å²) >= 11 is 0. The first kappa shape index (κ1) is 22.4. The monoisotopic (exact) mass is 434 g/mol. The van der Waals surface area contributed by atoms with E-state index in [4.69, 9.17) is 4.52 Å². The summed E-state index contributed by atoms with van der Waals surface area (Å²) in [4.78, 5) is 23.6. The molecule has 0 fully saturated rings. The Bertz CT molecular complexity index is 1040. The van der Waals surface area contributed by atoms with Gasteiger partial charge < -0.3 is 15.2 Å². The minimum Gasteiger partial charge on any atom is -0.360 e. The van der Waals surface area contributed by atoms with Gasteiger partial charge in [0.05, 0.1) is 18.3 Å². The highest BCUT2D eigenvalue weighted by molar-refractivity contribution is 7.89. The number of anilines is 1. The molecule has 1 aromatic heterocycles. The van der Waals surface area contributed by atoms with Crippen molar-refractivity contribution in [3.63, 3.8) is 0 Å². The second kappa shape index (κ2) is 8.61. The number of benzene rings is 1. The molecule has 0 unspecified atom stereocenters. The Kier molecular flexibility index (Phi) is 6.64. The van der Waals surface area contributed by atoms with E-state index in [1.807, 2.05) is 5.32 Å². The highest BCUT2D eigenvalue weighted by atomic mass is 32.2. The topological polar surface area (TPSA) is 130 Å². The van der Waals surface area contributed by atoms with E-state index in [9.17, 15) is 31.2 Å². The molecular weight excluding hydrogens is 417 g/mol. The Balaban J connectivity index is 1.95. The van der Waals surface area contributed by atoms with Gasteiger partial charge in [-0.05, 0) is 32.9 Å². The van der Waals surface area contributed by atoms with Crippen LogP contribution in [0, 0.1) is 31.3 Å². The standard InChI is InChI=1S/C16H17F3N4O5S/c1-7-15(9(3)28-22-7)29(26,27)23-8(2)16(25)20-6-12(24)21-11-5-4-10(17)13(18)14(11)19/h4-5,8,23H,6H2,1-3H3,(H,20,25)(H,21,24)/t8-/m0/s1. The molecular formula is C16H17F3N4O5S. The van der Waals surface area contributed by atoms with E-state index in [-0.39, 0.29) is 16.3 Å².